The number of carbonyl (C=O) groups is 1. The van der Waals surface area contributed by atoms with Crippen LogP contribution >= 0.6 is 11.8 Å². The Hall–Kier alpha value is -1.11. The average Bonchev–Trinajstić information content (AvgIpc) is 3.07. The monoisotopic (exact) mass is 325 g/mol. The highest BCUT2D eigenvalue weighted by atomic mass is 32.2. The minimum Gasteiger partial charge on any atom is -0.337 e. The lowest BCUT2D eigenvalue weighted by molar-refractivity contribution is -0.133. The fourth-order valence-electron chi connectivity index (χ4n) is 3.16. The van der Waals surface area contributed by atoms with Crippen LogP contribution < -0.4 is 0 Å². The number of rotatable bonds is 6. The van der Waals surface area contributed by atoms with E-state index in [0.29, 0.717) is 6.04 Å². The highest BCUT2D eigenvalue weighted by Gasteiger charge is 2.29. The van der Waals surface area contributed by atoms with Crippen molar-refractivity contribution in [2.24, 2.45) is 0 Å². The summed E-state index contributed by atoms with van der Waals surface area (Å²) in [4.78, 5) is 14.6. The summed E-state index contributed by atoms with van der Waals surface area (Å²) in [5, 5.41) is 12.7. The maximum absolute atomic E-state index is 12.7. The first-order chi connectivity index (χ1) is 10.4. The molecule has 1 atom stereocenters. The van der Waals surface area contributed by atoms with E-state index in [-0.39, 0.29) is 23.2 Å². The zero-order valence-corrected chi connectivity index (χ0v) is 15.0. The van der Waals surface area contributed by atoms with Gasteiger partial charge < -0.3 is 4.90 Å². The molecule has 1 heterocycles. The van der Waals surface area contributed by atoms with E-state index in [1.807, 2.05) is 16.5 Å². The molecule has 1 aliphatic carbocycles. The fraction of sp³-hybridized carbons (Fsp3) is 0.867. The van der Waals surface area contributed by atoms with Gasteiger partial charge in [0.1, 0.15) is 0 Å². The van der Waals surface area contributed by atoms with E-state index in [1.165, 1.54) is 24.6 Å². The van der Waals surface area contributed by atoms with Crippen molar-refractivity contribution in [3.05, 3.63) is 0 Å². The number of nitrogens with zero attached hydrogens (tertiary/aromatic N) is 5. The van der Waals surface area contributed by atoms with Crippen molar-refractivity contribution in [1.82, 2.24) is 25.1 Å². The Labute approximate surface area is 137 Å². The third kappa shape index (κ3) is 3.80. The molecule has 0 saturated heterocycles. The number of amides is 1. The second-order valence-corrected chi connectivity index (χ2v) is 7.85. The number of aromatic nitrogens is 4. The van der Waals surface area contributed by atoms with Gasteiger partial charge >= 0.3 is 0 Å². The largest absolute Gasteiger partial charge is 0.337 e. The first kappa shape index (κ1) is 17.2. The van der Waals surface area contributed by atoms with Gasteiger partial charge in [-0.1, -0.05) is 24.6 Å². The smallest absolute Gasteiger partial charge is 0.236 e. The molecule has 0 aromatic carbocycles. The number of carbonyl (C=O) groups excluding carboxylic acids is 1. The van der Waals surface area contributed by atoms with Gasteiger partial charge in [-0.3, -0.25) is 4.79 Å². The van der Waals surface area contributed by atoms with Crippen LogP contribution in [0.3, 0.4) is 0 Å². The molecule has 0 radical (unpaired) electrons. The quantitative estimate of drug-likeness (QED) is 0.753. The summed E-state index contributed by atoms with van der Waals surface area (Å²) in [6.07, 6.45) is 4.73. The van der Waals surface area contributed by atoms with Gasteiger partial charge in [-0.2, -0.15) is 0 Å². The third-order valence-electron chi connectivity index (χ3n) is 4.13. The summed E-state index contributed by atoms with van der Waals surface area (Å²) in [6.45, 7) is 10.2. The lowest BCUT2D eigenvalue weighted by Gasteiger charge is -2.32. The van der Waals surface area contributed by atoms with E-state index < -0.39 is 0 Å². The normalized spacial score (nSPS) is 17.4. The van der Waals surface area contributed by atoms with Crippen LogP contribution in [0, 0.1) is 0 Å². The molecule has 7 heteroatoms. The van der Waals surface area contributed by atoms with E-state index in [2.05, 4.69) is 43.2 Å². The Bertz CT molecular complexity index is 488. The molecule has 1 aliphatic rings. The minimum atomic E-state index is -0.184. The second kappa shape index (κ2) is 7.44. The van der Waals surface area contributed by atoms with Crippen LogP contribution in [0.4, 0.5) is 0 Å². The highest BCUT2D eigenvalue weighted by molar-refractivity contribution is 8.00. The van der Waals surface area contributed by atoms with Crippen LogP contribution in [0.15, 0.2) is 5.16 Å². The van der Waals surface area contributed by atoms with Crippen LogP contribution in [0.25, 0.3) is 0 Å². The average molecular weight is 325 g/mol. The van der Waals surface area contributed by atoms with Crippen LogP contribution in [0.5, 0.6) is 0 Å². The van der Waals surface area contributed by atoms with Gasteiger partial charge in [0.15, 0.2) is 0 Å². The van der Waals surface area contributed by atoms with Crippen LogP contribution in [-0.2, 0) is 4.79 Å². The topological polar surface area (TPSA) is 63.9 Å². The maximum atomic E-state index is 12.7. The molecule has 1 amide bonds. The zero-order valence-electron chi connectivity index (χ0n) is 14.2. The second-order valence-electron chi connectivity index (χ2n) is 6.54. The molecule has 22 heavy (non-hydrogen) atoms. The summed E-state index contributed by atoms with van der Waals surface area (Å²) in [7, 11) is 0. The number of thioether (sulfide) groups is 1. The first-order valence-electron chi connectivity index (χ1n) is 8.18. The Balaban J connectivity index is 2.07. The summed E-state index contributed by atoms with van der Waals surface area (Å²) >= 11 is 1.47. The molecule has 0 spiro atoms. The predicted molar refractivity (Wildman–Crippen MR) is 87.8 cm³/mol. The van der Waals surface area contributed by atoms with Gasteiger partial charge in [-0.25, -0.2) is 4.68 Å². The Morgan fingerprint density at radius 1 is 1.18 bits per heavy atom. The first-order valence-corrected chi connectivity index (χ1v) is 9.06. The molecule has 2 rings (SSSR count). The molecule has 124 valence electrons. The van der Waals surface area contributed by atoms with E-state index in [0.717, 1.165) is 18.0 Å². The lowest BCUT2D eigenvalue weighted by Crippen LogP contribution is -2.45. The van der Waals surface area contributed by atoms with Crippen molar-refractivity contribution in [3.8, 4) is 0 Å². The van der Waals surface area contributed by atoms with Crippen molar-refractivity contribution < 1.29 is 4.79 Å². The van der Waals surface area contributed by atoms with Gasteiger partial charge in [0.2, 0.25) is 11.1 Å². The number of tetrazole rings is 1. The molecule has 6 nitrogen and oxygen atoms in total. The highest BCUT2D eigenvalue weighted by Crippen LogP contribution is 2.32. The summed E-state index contributed by atoms with van der Waals surface area (Å²) < 4.78 is 1.91. The molecular weight excluding hydrogens is 298 g/mol. The lowest BCUT2D eigenvalue weighted by atomic mass is 10.2. The maximum Gasteiger partial charge on any atom is 0.236 e. The van der Waals surface area contributed by atoms with E-state index in [4.69, 9.17) is 0 Å². The third-order valence-corrected chi connectivity index (χ3v) is 5.17. The Morgan fingerprint density at radius 2 is 1.77 bits per heavy atom. The van der Waals surface area contributed by atoms with Crippen LogP contribution in [0.1, 0.15) is 66.3 Å². The van der Waals surface area contributed by atoms with Crippen LogP contribution in [0.2, 0.25) is 0 Å². The SMILES string of the molecule is CC(Sc1nnnn1C1CCCC1)C(=O)N(C(C)C)C(C)C. The van der Waals surface area contributed by atoms with Gasteiger partial charge in [-0.05, 0) is 57.9 Å². The van der Waals surface area contributed by atoms with Gasteiger partial charge in [0.25, 0.3) is 0 Å². The van der Waals surface area contributed by atoms with Crippen molar-refractivity contribution >= 4 is 17.7 Å². The van der Waals surface area contributed by atoms with Crippen LogP contribution in [-0.4, -0.2) is 48.3 Å². The molecule has 1 saturated carbocycles. The van der Waals surface area contributed by atoms with Gasteiger partial charge in [-0.15, -0.1) is 5.10 Å². The van der Waals surface area contributed by atoms with Crippen molar-refractivity contribution in [1.29, 1.82) is 0 Å². The molecular formula is C15H27N5OS. The molecule has 1 unspecified atom stereocenters. The summed E-state index contributed by atoms with van der Waals surface area (Å²) in [5.41, 5.74) is 0. The standard InChI is InChI=1S/C15H27N5OS/c1-10(2)19(11(3)4)14(21)12(5)22-15-16-17-18-20(15)13-8-6-7-9-13/h10-13H,6-9H2,1-5H3. The Kier molecular flexibility index (Phi) is 5.83. The van der Waals surface area contributed by atoms with Crippen molar-refractivity contribution in [3.63, 3.8) is 0 Å². The van der Waals surface area contributed by atoms with Crippen molar-refractivity contribution in [2.75, 3.05) is 0 Å². The predicted octanol–water partition coefficient (Wildman–Crippen LogP) is 2.91. The minimum absolute atomic E-state index is 0.149. The molecule has 0 aliphatic heterocycles. The number of hydrogen-bond donors (Lipinski definition) is 0. The summed E-state index contributed by atoms with van der Waals surface area (Å²) in [5.74, 6) is 0.149. The molecule has 1 aromatic heterocycles. The molecule has 1 fully saturated rings. The van der Waals surface area contributed by atoms with E-state index in [1.54, 1.807) is 0 Å². The summed E-state index contributed by atoms with van der Waals surface area (Å²) in [6, 6.07) is 0.786. The molecule has 0 N–H and O–H groups in total. The van der Waals surface area contributed by atoms with E-state index >= 15 is 0 Å². The van der Waals surface area contributed by atoms with Crippen molar-refractivity contribution in [2.45, 2.75) is 88.8 Å². The molecule has 0 bridgehead atoms. The van der Waals surface area contributed by atoms with Gasteiger partial charge in [0.05, 0.1) is 11.3 Å². The van der Waals surface area contributed by atoms with E-state index in [9.17, 15) is 4.79 Å². The molecule has 1 aromatic rings. The number of hydrogen-bond acceptors (Lipinski definition) is 5. The zero-order chi connectivity index (χ0) is 16.3. The fourth-order valence-corrected chi connectivity index (χ4v) is 4.08. The van der Waals surface area contributed by atoms with Gasteiger partial charge in [0, 0.05) is 12.1 Å². The Morgan fingerprint density at radius 3 is 2.32 bits per heavy atom.